The van der Waals surface area contributed by atoms with Crippen molar-refractivity contribution in [1.29, 1.82) is 10.5 Å². The summed E-state index contributed by atoms with van der Waals surface area (Å²) in [6.07, 6.45) is 4.20. The number of rotatable bonds is 4. The molecule has 8 heteroatoms. The van der Waals surface area contributed by atoms with Crippen LogP contribution in [0.15, 0.2) is 158 Å². The van der Waals surface area contributed by atoms with E-state index >= 15 is 0 Å². The Morgan fingerprint density at radius 1 is 0.367 bits per heavy atom. The lowest BCUT2D eigenvalue weighted by Gasteiger charge is -2.09. The SMILES string of the molecule is N#Cc1nc2cc3c(cc2nc1C#N)-c1nc-3c(-c2ccccc2)c2ccc([nH]2)c(-c2ccccc2)c2nc(c(-c3ccccc3)c3ccc([nH]3)c1-c1ccccc1)C=C2. The minimum atomic E-state index is -0.0218. The molecule has 0 aliphatic carbocycles. The van der Waals surface area contributed by atoms with Gasteiger partial charge in [-0.3, -0.25) is 0 Å². The van der Waals surface area contributed by atoms with E-state index in [1.54, 1.807) is 0 Å². The van der Waals surface area contributed by atoms with Crippen LogP contribution in [0.5, 0.6) is 0 Å². The second-order valence-electron chi connectivity index (χ2n) is 14.6. The Kier molecular flexibility index (Phi) is 8.07. The highest BCUT2D eigenvalue weighted by Crippen LogP contribution is 2.47. The first-order valence-electron chi connectivity index (χ1n) is 19.5. The predicted molar refractivity (Wildman–Crippen MR) is 239 cm³/mol. The van der Waals surface area contributed by atoms with Crippen molar-refractivity contribution in [3.8, 4) is 79.2 Å². The first-order chi connectivity index (χ1) is 29.6. The van der Waals surface area contributed by atoms with Gasteiger partial charge in [0.25, 0.3) is 0 Å². The third kappa shape index (κ3) is 5.67. The number of aromatic nitrogens is 6. The summed E-state index contributed by atoms with van der Waals surface area (Å²) in [5.74, 6) is 0. The fourth-order valence-electron chi connectivity index (χ4n) is 8.42. The van der Waals surface area contributed by atoms with Crippen LogP contribution in [0.3, 0.4) is 0 Å². The summed E-state index contributed by atoms with van der Waals surface area (Å²) >= 11 is 0. The Labute approximate surface area is 344 Å². The van der Waals surface area contributed by atoms with Crippen LogP contribution >= 0.6 is 0 Å². The largest absolute Gasteiger partial charge is 0.354 e. The molecule has 0 saturated heterocycles. The number of hydrogen-bond donors (Lipinski definition) is 2. The van der Waals surface area contributed by atoms with Gasteiger partial charge in [0.1, 0.15) is 12.1 Å². The maximum atomic E-state index is 9.95. The van der Waals surface area contributed by atoms with Gasteiger partial charge in [0, 0.05) is 55.4 Å². The van der Waals surface area contributed by atoms with Gasteiger partial charge in [0.15, 0.2) is 11.4 Å². The number of benzene rings is 5. The summed E-state index contributed by atoms with van der Waals surface area (Å²) < 4.78 is 0. The fraction of sp³-hybridized carbons (Fsp3) is 0. The van der Waals surface area contributed by atoms with E-state index in [0.29, 0.717) is 11.0 Å². The molecule has 0 saturated carbocycles. The molecule has 60 heavy (non-hydrogen) atoms. The molecule has 2 aliphatic heterocycles. The van der Waals surface area contributed by atoms with Gasteiger partial charge in [0.05, 0.1) is 33.8 Å². The molecule has 0 spiro atoms. The van der Waals surface area contributed by atoms with Crippen LogP contribution in [0, 0.1) is 22.7 Å². The van der Waals surface area contributed by atoms with Gasteiger partial charge < -0.3 is 9.97 Å². The first kappa shape index (κ1) is 34.5. The molecule has 9 aromatic rings. The average Bonchev–Trinajstić information content (AvgIpc) is 4.14. The lowest BCUT2D eigenvalue weighted by molar-refractivity contribution is 1.20. The summed E-state index contributed by atoms with van der Waals surface area (Å²) in [6, 6.07) is 57.7. The monoisotopic (exact) mass is 766 g/mol. The van der Waals surface area contributed by atoms with E-state index in [1.165, 1.54) is 0 Å². The Morgan fingerprint density at radius 2 is 0.700 bits per heavy atom. The molecule has 6 heterocycles. The fourth-order valence-corrected chi connectivity index (χ4v) is 8.42. The van der Waals surface area contributed by atoms with E-state index in [9.17, 15) is 10.5 Å². The highest BCUT2D eigenvalue weighted by Gasteiger charge is 2.27. The van der Waals surface area contributed by atoms with Crippen molar-refractivity contribution in [1.82, 2.24) is 29.9 Å². The molecule has 0 unspecified atom stereocenters. The standard InChI is InChI=1S/C52H30N8/c53-29-45-46(30-54)59-44-28-36-35(27-43(44)58-45)51-49(33-17-9-3-10-18-33)41-25-23-39(56-41)47(31-13-5-1-6-14-31)37-21-22-38(55-37)48(32-15-7-2-8-16-32)40-24-26-42(57-40)50(52(36)60-51)34-19-11-4-12-20-34/h1-28,56-57H. The van der Waals surface area contributed by atoms with Crippen LogP contribution in [-0.2, 0) is 0 Å². The van der Waals surface area contributed by atoms with Crippen LogP contribution in [0.4, 0.5) is 0 Å². The Bertz CT molecular complexity index is 3250. The molecule has 8 nitrogen and oxygen atoms in total. The zero-order chi connectivity index (χ0) is 40.2. The van der Waals surface area contributed by atoms with E-state index < -0.39 is 0 Å². The van der Waals surface area contributed by atoms with Crippen LogP contribution in [-0.4, -0.2) is 29.9 Å². The lowest BCUT2D eigenvalue weighted by Crippen LogP contribution is -1.96. The van der Waals surface area contributed by atoms with Crippen molar-refractivity contribution in [2.24, 2.45) is 0 Å². The van der Waals surface area contributed by atoms with Gasteiger partial charge in [-0.2, -0.15) is 10.5 Å². The number of nitrogens with zero attached hydrogens (tertiary/aromatic N) is 6. The molecule has 11 rings (SSSR count). The summed E-state index contributed by atoms with van der Waals surface area (Å²) in [7, 11) is 0. The Morgan fingerprint density at radius 3 is 1.05 bits per heavy atom. The highest BCUT2D eigenvalue weighted by atomic mass is 14.8. The lowest BCUT2D eigenvalue weighted by atomic mass is 9.94. The van der Waals surface area contributed by atoms with Gasteiger partial charge in [-0.1, -0.05) is 121 Å². The third-order valence-electron chi connectivity index (χ3n) is 11.1. The summed E-state index contributed by atoms with van der Waals surface area (Å²) in [5.41, 5.74) is 16.9. The number of aromatic amines is 2. The number of nitriles is 2. The number of hydrogen-bond acceptors (Lipinski definition) is 6. The van der Waals surface area contributed by atoms with Gasteiger partial charge in [-0.25, -0.2) is 19.9 Å². The van der Waals surface area contributed by atoms with Gasteiger partial charge >= 0.3 is 0 Å². The van der Waals surface area contributed by atoms with Crippen LogP contribution in [0.2, 0.25) is 0 Å². The molecule has 0 fully saturated rings. The summed E-state index contributed by atoms with van der Waals surface area (Å²) in [4.78, 5) is 28.0. The van der Waals surface area contributed by atoms with Crippen molar-refractivity contribution >= 4 is 45.3 Å². The maximum Gasteiger partial charge on any atom is 0.177 e. The van der Waals surface area contributed by atoms with E-state index in [4.69, 9.17) is 9.97 Å². The van der Waals surface area contributed by atoms with Crippen molar-refractivity contribution in [2.45, 2.75) is 0 Å². The minimum absolute atomic E-state index is 0.0218. The van der Waals surface area contributed by atoms with Crippen molar-refractivity contribution in [3.63, 3.8) is 0 Å². The average molecular weight is 767 g/mol. The smallest absolute Gasteiger partial charge is 0.177 e. The molecule has 4 aromatic heterocycles. The zero-order valence-corrected chi connectivity index (χ0v) is 31.8. The first-order valence-corrected chi connectivity index (χ1v) is 19.5. The van der Waals surface area contributed by atoms with Gasteiger partial charge in [0.2, 0.25) is 0 Å². The van der Waals surface area contributed by atoms with E-state index in [2.05, 4.69) is 117 Å². The molecular formula is C52H30N8. The van der Waals surface area contributed by atoms with Gasteiger partial charge in [-0.05, 0) is 70.8 Å². The maximum absolute atomic E-state index is 9.95. The zero-order valence-electron chi connectivity index (χ0n) is 31.8. The van der Waals surface area contributed by atoms with Gasteiger partial charge in [-0.15, -0.1) is 0 Å². The third-order valence-corrected chi connectivity index (χ3v) is 11.1. The van der Waals surface area contributed by atoms with Crippen molar-refractivity contribution in [2.75, 3.05) is 0 Å². The quantitative estimate of drug-likeness (QED) is 0.183. The molecule has 2 N–H and O–H groups in total. The molecule has 8 bridgehead atoms. The number of H-pyrrole nitrogens is 2. The molecule has 0 radical (unpaired) electrons. The number of fused-ring (bicyclic) bond motifs is 12. The minimum Gasteiger partial charge on any atom is -0.354 e. The second kappa shape index (κ2) is 14.0. The summed E-state index contributed by atoms with van der Waals surface area (Å²) in [5, 5.41) is 19.9. The second-order valence-corrected chi connectivity index (χ2v) is 14.6. The molecular weight excluding hydrogens is 737 g/mol. The molecule has 5 aromatic carbocycles. The molecule has 278 valence electrons. The topological polar surface area (TPSA) is 131 Å². The van der Waals surface area contributed by atoms with E-state index in [1.807, 2.05) is 84.9 Å². The van der Waals surface area contributed by atoms with Crippen LogP contribution in [0.25, 0.3) is 112 Å². The van der Waals surface area contributed by atoms with E-state index in [-0.39, 0.29) is 11.4 Å². The van der Waals surface area contributed by atoms with E-state index in [0.717, 1.165) is 100 Å². The van der Waals surface area contributed by atoms with Crippen molar-refractivity contribution < 1.29 is 0 Å². The normalized spacial score (nSPS) is 11.6. The highest BCUT2D eigenvalue weighted by molar-refractivity contribution is 6.07. The summed E-state index contributed by atoms with van der Waals surface area (Å²) in [6.45, 7) is 0. The molecule has 0 amide bonds. The predicted octanol–water partition coefficient (Wildman–Crippen LogP) is 12.2. The Hall–Kier alpha value is -8.72. The van der Waals surface area contributed by atoms with Crippen LogP contribution < -0.4 is 0 Å². The Balaban J connectivity index is 1.39. The van der Waals surface area contributed by atoms with Crippen molar-refractivity contribution in [3.05, 3.63) is 181 Å². The molecule has 0 atom stereocenters. The molecule has 2 aliphatic rings. The van der Waals surface area contributed by atoms with Crippen LogP contribution in [0.1, 0.15) is 22.8 Å². The number of nitrogens with one attached hydrogen (secondary N) is 2.